The average Bonchev–Trinajstić information content (AvgIpc) is 3.48. The first-order chi connectivity index (χ1) is 16.7. The lowest BCUT2D eigenvalue weighted by molar-refractivity contribution is 0.101. The van der Waals surface area contributed by atoms with Crippen LogP contribution < -0.4 is 10.9 Å². The number of carbonyl (C=O) groups is 1. The highest BCUT2D eigenvalue weighted by atomic mass is 16.5. The third kappa shape index (κ3) is 4.17. The SMILES string of the molecule is Cc1c([C@H](c2ccccc2C#N)[C@H](C)c2nc(C(=O)Nc3cnoc3)c(O)c(=O)n2C)cnn1C. The van der Waals surface area contributed by atoms with Gasteiger partial charge in [-0.3, -0.25) is 18.8 Å². The standard InChI is InChI=1S/C24H23N7O4/c1-13(19(18-11-26-31(4)14(18)2)17-8-6-5-7-15(17)9-25)22-29-20(21(32)24(34)30(22)3)23(33)28-16-10-27-35-12-16/h5-8,10-13,19,32H,1-4H3,(H,28,33)/t13-,19-/m0/s1. The van der Waals surface area contributed by atoms with Crippen molar-refractivity contribution in [3.05, 3.63) is 87.2 Å². The molecule has 1 amide bonds. The lowest BCUT2D eigenvalue weighted by Gasteiger charge is -2.26. The van der Waals surface area contributed by atoms with Crippen molar-refractivity contribution >= 4 is 11.6 Å². The number of aromatic hydroxyl groups is 1. The lowest BCUT2D eigenvalue weighted by Crippen LogP contribution is -2.29. The van der Waals surface area contributed by atoms with E-state index in [1.165, 1.54) is 24.1 Å². The first-order valence-electron chi connectivity index (χ1n) is 10.7. The molecule has 0 unspecified atom stereocenters. The van der Waals surface area contributed by atoms with Crippen molar-refractivity contribution in [2.24, 2.45) is 14.1 Å². The van der Waals surface area contributed by atoms with Crippen molar-refractivity contribution in [2.45, 2.75) is 25.7 Å². The number of carbonyl (C=O) groups excluding carboxylic acids is 1. The molecule has 178 valence electrons. The van der Waals surface area contributed by atoms with Crippen molar-refractivity contribution in [3.8, 4) is 11.8 Å². The Balaban J connectivity index is 1.88. The van der Waals surface area contributed by atoms with Gasteiger partial charge in [-0.2, -0.15) is 10.4 Å². The minimum Gasteiger partial charge on any atom is -0.501 e. The number of hydrogen-bond donors (Lipinski definition) is 2. The van der Waals surface area contributed by atoms with E-state index < -0.39 is 34.7 Å². The maximum atomic E-state index is 12.9. The van der Waals surface area contributed by atoms with E-state index in [1.54, 1.807) is 23.0 Å². The highest BCUT2D eigenvalue weighted by Crippen LogP contribution is 2.40. The van der Waals surface area contributed by atoms with E-state index in [4.69, 9.17) is 4.52 Å². The topological polar surface area (TPSA) is 152 Å². The zero-order valence-corrected chi connectivity index (χ0v) is 19.6. The highest BCUT2D eigenvalue weighted by molar-refractivity contribution is 6.04. The molecule has 0 fully saturated rings. The van der Waals surface area contributed by atoms with Crippen LogP contribution in [0.15, 0.2) is 52.2 Å². The molecule has 11 nitrogen and oxygen atoms in total. The number of nitriles is 1. The smallest absolute Gasteiger partial charge is 0.296 e. The van der Waals surface area contributed by atoms with Crippen molar-refractivity contribution in [1.29, 1.82) is 5.26 Å². The number of aromatic nitrogens is 5. The van der Waals surface area contributed by atoms with Crippen molar-refractivity contribution < 1.29 is 14.4 Å². The fourth-order valence-corrected chi connectivity index (χ4v) is 4.18. The molecule has 0 aliphatic rings. The number of hydrogen-bond acceptors (Lipinski definition) is 8. The van der Waals surface area contributed by atoms with E-state index in [-0.39, 0.29) is 11.5 Å². The Labute approximate surface area is 200 Å². The van der Waals surface area contributed by atoms with Gasteiger partial charge in [0.15, 0.2) is 5.69 Å². The molecule has 0 saturated heterocycles. The van der Waals surface area contributed by atoms with Crippen molar-refractivity contribution in [3.63, 3.8) is 0 Å². The van der Waals surface area contributed by atoms with Gasteiger partial charge >= 0.3 is 0 Å². The Morgan fingerprint density at radius 1 is 1.23 bits per heavy atom. The molecule has 1 aromatic carbocycles. The van der Waals surface area contributed by atoms with Gasteiger partial charge in [-0.05, 0) is 18.6 Å². The van der Waals surface area contributed by atoms with E-state index in [2.05, 4.69) is 26.6 Å². The third-order valence-corrected chi connectivity index (χ3v) is 6.14. The van der Waals surface area contributed by atoms with Crippen LogP contribution in [0.4, 0.5) is 5.69 Å². The van der Waals surface area contributed by atoms with Crippen LogP contribution in [0.2, 0.25) is 0 Å². The van der Waals surface area contributed by atoms with Crippen LogP contribution in [-0.4, -0.2) is 35.5 Å². The molecule has 2 atom stereocenters. The second kappa shape index (κ2) is 9.26. The minimum absolute atomic E-state index is 0.248. The number of nitrogens with one attached hydrogen (secondary N) is 1. The Hall–Kier alpha value is -4.72. The molecule has 0 aliphatic carbocycles. The fraction of sp³-hybridized carbons (Fsp3) is 0.250. The number of amides is 1. The van der Waals surface area contributed by atoms with Gasteiger partial charge in [0.05, 0.1) is 24.0 Å². The van der Waals surface area contributed by atoms with Gasteiger partial charge in [-0.25, -0.2) is 4.98 Å². The quantitative estimate of drug-likeness (QED) is 0.433. The van der Waals surface area contributed by atoms with Gasteiger partial charge in [0, 0.05) is 37.2 Å². The van der Waals surface area contributed by atoms with E-state index >= 15 is 0 Å². The summed E-state index contributed by atoms with van der Waals surface area (Å²) in [6.07, 6.45) is 4.21. The van der Waals surface area contributed by atoms with E-state index in [1.807, 2.05) is 33.0 Å². The second-order valence-electron chi connectivity index (χ2n) is 8.17. The number of benzene rings is 1. The molecule has 11 heteroatoms. The lowest BCUT2D eigenvalue weighted by atomic mass is 9.79. The summed E-state index contributed by atoms with van der Waals surface area (Å²) < 4.78 is 7.64. The Bertz CT molecular complexity index is 1500. The maximum absolute atomic E-state index is 12.9. The largest absolute Gasteiger partial charge is 0.501 e. The second-order valence-corrected chi connectivity index (χ2v) is 8.17. The molecule has 35 heavy (non-hydrogen) atoms. The van der Waals surface area contributed by atoms with Gasteiger partial charge in [-0.1, -0.05) is 30.3 Å². The van der Waals surface area contributed by atoms with Gasteiger partial charge in [-0.15, -0.1) is 0 Å². The molecular formula is C24H23N7O4. The summed E-state index contributed by atoms with van der Waals surface area (Å²) in [7, 11) is 3.30. The first kappa shape index (κ1) is 23.4. The summed E-state index contributed by atoms with van der Waals surface area (Å²) in [5.74, 6) is -2.22. The number of aryl methyl sites for hydroxylation is 1. The van der Waals surface area contributed by atoms with Crippen LogP contribution in [0.5, 0.6) is 5.75 Å². The molecule has 3 heterocycles. The average molecular weight is 473 g/mol. The molecule has 0 spiro atoms. The summed E-state index contributed by atoms with van der Waals surface area (Å²) in [6.45, 7) is 3.77. The van der Waals surface area contributed by atoms with Gasteiger partial charge in [0.25, 0.3) is 11.5 Å². The number of anilines is 1. The van der Waals surface area contributed by atoms with Crippen molar-refractivity contribution in [1.82, 2.24) is 24.5 Å². The third-order valence-electron chi connectivity index (χ3n) is 6.14. The molecule has 0 saturated carbocycles. The molecule has 0 radical (unpaired) electrons. The molecular weight excluding hydrogens is 450 g/mol. The summed E-state index contributed by atoms with van der Waals surface area (Å²) in [5.41, 5.74) is 1.99. The first-order valence-corrected chi connectivity index (χ1v) is 10.7. The van der Waals surface area contributed by atoms with Crippen LogP contribution in [-0.2, 0) is 14.1 Å². The summed E-state index contributed by atoms with van der Waals surface area (Å²) in [4.78, 5) is 30.2. The number of rotatable bonds is 6. The zero-order valence-electron chi connectivity index (χ0n) is 19.6. The summed E-state index contributed by atoms with van der Waals surface area (Å²) >= 11 is 0. The van der Waals surface area contributed by atoms with Crippen LogP contribution in [0.1, 0.15) is 57.5 Å². The highest BCUT2D eigenvalue weighted by Gasteiger charge is 2.32. The summed E-state index contributed by atoms with van der Waals surface area (Å²) in [6, 6.07) is 9.42. The van der Waals surface area contributed by atoms with E-state index in [0.717, 1.165) is 16.8 Å². The zero-order chi connectivity index (χ0) is 25.3. The molecule has 2 N–H and O–H groups in total. The van der Waals surface area contributed by atoms with Crippen LogP contribution in [0, 0.1) is 18.3 Å². The van der Waals surface area contributed by atoms with Gasteiger partial charge in [0.2, 0.25) is 5.75 Å². The van der Waals surface area contributed by atoms with E-state index in [9.17, 15) is 20.0 Å². The van der Waals surface area contributed by atoms with Gasteiger partial charge < -0.3 is 14.9 Å². The maximum Gasteiger partial charge on any atom is 0.296 e. The van der Waals surface area contributed by atoms with Crippen LogP contribution >= 0.6 is 0 Å². The summed E-state index contributed by atoms with van der Waals surface area (Å²) in [5, 5.41) is 30.6. The van der Waals surface area contributed by atoms with Crippen LogP contribution in [0.3, 0.4) is 0 Å². The van der Waals surface area contributed by atoms with E-state index in [0.29, 0.717) is 5.56 Å². The molecule has 3 aromatic heterocycles. The molecule has 0 bridgehead atoms. The Kier molecular flexibility index (Phi) is 6.20. The monoisotopic (exact) mass is 473 g/mol. The minimum atomic E-state index is -0.789. The fourth-order valence-electron chi connectivity index (χ4n) is 4.18. The Morgan fingerprint density at radius 2 is 1.97 bits per heavy atom. The van der Waals surface area contributed by atoms with Gasteiger partial charge in [0.1, 0.15) is 17.8 Å². The molecule has 0 aliphatic heterocycles. The predicted molar refractivity (Wildman–Crippen MR) is 125 cm³/mol. The van der Waals surface area contributed by atoms with Crippen LogP contribution in [0.25, 0.3) is 0 Å². The Morgan fingerprint density at radius 3 is 2.60 bits per heavy atom. The normalized spacial score (nSPS) is 12.7. The molecule has 4 rings (SSSR count). The van der Waals surface area contributed by atoms with Crippen molar-refractivity contribution in [2.75, 3.05) is 5.32 Å². The number of nitrogens with zero attached hydrogens (tertiary/aromatic N) is 6. The molecule has 4 aromatic rings. The predicted octanol–water partition coefficient (Wildman–Crippen LogP) is 2.58.